The molecule has 0 heterocycles. The number of sulfonamides is 1. The average molecular weight is 163 g/mol. The number of hydrogen-bond donors (Lipinski definition) is 1. The second-order valence-corrected chi connectivity index (χ2v) is 4.80. The molecular weight excluding hydrogens is 150 g/mol. The Labute approximate surface area is 61.7 Å². The van der Waals surface area contributed by atoms with Crippen molar-refractivity contribution < 1.29 is 8.42 Å². The molecule has 0 aromatic carbocycles. The Bertz CT molecular complexity index is 206. The molecule has 2 N–H and O–H groups in total. The average Bonchev–Trinajstić information content (AvgIpc) is 2.35. The zero-order valence-corrected chi connectivity index (χ0v) is 6.89. The van der Waals surface area contributed by atoms with E-state index in [2.05, 4.69) is 0 Å². The molecule has 0 bridgehead atoms. The van der Waals surface area contributed by atoms with E-state index in [0.29, 0.717) is 5.92 Å². The lowest BCUT2D eigenvalue weighted by molar-refractivity contribution is 0.537. The summed E-state index contributed by atoms with van der Waals surface area (Å²) in [7, 11) is -3.23. The van der Waals surface area contributed by atoms with Crippen molar-refractivity contribution in [2.24, 2.45) is 17.0 Å². The Morgan fingerprint density at radius 3 is 2.40 bits per heavy atom. The van der Waals surface area contributed by atoms with Crippen molar-refractivity contribution in [1.82, 2.24) is 0 Å². The van der Waals surface area contributed by atoms with Gasteiger partial charge in [0.25, 0.3) is 0 Å². The minimum absolute atomic E-state index is 0.150. The van der Waals surface area contributed by atoms with Crippen LogP contribution in [0.1, 0.15) is 19.8 Å². The summed E-state index contributed by atoms with van der Waals surface area (Å²) in [6.07, 6.45) is 2.35. The summed E-state index contributed by atoms with van der Waals surface area (Å²) in [6, 6.07) is 0. The molecule has 1 fully saturated rings. The van der Waals surface area contributed by atoms with Crippen LogP contribution >= 0.6 is 0 Å². The molecule has 1 rings (SSSR count). The van der Waals surface area contributed by atoms with E-state index in [4.69, 9.17) is 5.14 Å². The van der Waals surface area contributed by atoms with Gasteiger partial charge < -0.3 is 0 Å². The molecule has 3 nitrogen and oxygen atoms in total. The van der Waals surface area contributed by atoms with Crippen molar-refractivity contribution in [2.45, 2.75) is 19.8 Å². The van der Waals surface area contributed by atoms with Crippen LogP contribution in [-0.4, -0.2) is 14.2 Å². The van der Waals surface area contributed by atoms with Crippen molar-refractivity contribution in [2.75, 3.05) is 5.75 Å². The van der Waals surface area contributed by atoms with Gasteiger partial charge in [-0.3, -0.25) is 0 Å². The predicted molar refractivity (Wildman–Crippen MR) is 39.9 cm³/mol. The maximum atomic E-state index is 10.6. The van der Waals surface area contributed by atoms with Crippen LogP contribution in [0, 0.1) is 11.8 Å². The quantitative estimate of drug-likeness (QED) is 0.651. The summed E-state index contributed by atoms with van der Waals surface area (Å²) in [5, 5.41) is 4.87. The van der Waals surface area contributed by atoms with Gasteiger partial charge in [0.15, 0.2) is 0 Å². The highest BCUT2D eigenvalue weighted by atomic mass is 32.2. The van der Waals surface area contributed by atoms with E-state index in [0.717, 1.165) is 0 Å². The largest absolute Gasteiger partial charge is 0.229 e. The number of rotatable bonds is 3. The maximum absolute atomic E-state index is 10.6. The van der Waals surface area contributed by atoms with Crippen LogP contribution in [0.5, 0.6) is 0 Å². The standard InChI is InChI=1S/C6H13NO2S/c1-5(6-2-3-6)4-10(7,8)9/h5-6H,2-4H2,1H3,(H2,7,8,9). The highest BCUT2D eigenvalue weighted by Gasteiger charge is 2.29. The molecule has 0 aromatic rings. The summed E-state index contributed by atoms with van der Waals surface area (Å²) in [5.74, 6) is 1.03. The highest BCUT2D eigenvalue weighted by Crippen LogP contribution is 2.36. The fraction of sp³-hybridized carbons (Fsp3) is 1.00. The zero-order valence-electron chi connectivity index (χ0n) is 6.08. The third-order valence-corrected chi connectivity index (χ3v) is 2.91. The lowest BCUT2D eigenvalue weighted by atomic mass is 10.1. The second kappa shape index (κ2) is 2.51. The van der Waals surface area contributed by atoms with Gasteiger partial charge in [-0.25, -0.2) is 13.6 Å². The maximum Gasteiger partial charge on any atom is 0.209 e. The molecule has 0 saturated heterocycles. The molecule has 10 heavy (non-hydrogen) atoms. The van der Waals surface area contributed by atoms with E-state index < -0.39 is 10.0 Å². The molecule has 4 heteroatoms. The van der Waals surface area contributed by atoms with Gasteiger partial charge in [0, 0.05) is 0 Å². The lowest BCUT2D eigenvalue weighted by Crippen LogP contribution is -2.22. The van der Waals surface area contributed by atoms with Crippen molar-refractivity contribution in [3.63, 3.8) is 0 Å². The van der Waals surface area contributed by atoms with E-state index in [1.54, 1.807) is 0 Å². The van der Waals surface area contributed by atoms with Crippen LogP contribution in [0.15, 0.2) is 0 Å². The molecule has 0 amide bonds. The van der Waals surface area contributed by atoms with Gasteiger partial charge >= 0.3 is 0 Å². The van der Waals surface area contributed by atoms with Gasteiger partial charge in [-0.15, -0.1) is 0 Å². The van der Waals surface area contributed by atoms with E-state index in [1.165, 1.54) is 12.8 Å². The molecule has 0 aromatic heterocycles. The fourth-order valence-corrected chi connectivity index (χ4v) is 2.17. The summed E-state index contributed by atoms with van der Waals surface area (Å²) >= 11 is 0. The van der Waals surface area contributed by atoms with E-state index in [1.807, 2.05) is 6.92 Å². The second-order valence-electron chi connectivity index (χ2n) is 3.14. The van der Waals surface area contributed by atoms with Crippen molar-refractivity contribution in [3.05, 3.63) is 0 Å². The topological polar surface area (TPSA) is 60.2 Å². The van der Waals surface area contributed by atoms with E-state index >= 15 is 0 Å². The lowest BCUT2D eigenvalue weighted by Gasteiger charge is -2.05. The smallest absolute Gasteiger partial charge is 0.209 e. The number of nitrogens with two attached hydrogens (primary N) is 1. The molecule has 1 unspecified atom stereocenters. The van der Waals surface area contributed by atoms with Crippen molar-refractivity contribution in [3.8, 4) is 0 Å². The molecule has 1 atom stereocenters. The third kappa shape index (κ3) is 2.66. The minimum Gasteiger partial charge on any atom is -0.229 e. The number of primary sulfonamides is 1. The van der Waals surface area contributed by atoms with Gasteiger partial charge in [0.1, 0.15) is 0 Å². The number of hydrogen-bond acceptors (Lipinski definition) is 2. The zero-order chi connectivity index (χ0) is 7.78. The predicted octanol–water partition coefficient (Wildman–Crippen LogP) is 0.321. The third-order valence-electron chi connectivity index (χ3n) is 1.92. The first-order valence-electron chi connectivity index (χ1n) is 3.49. The van der Waals surface area contributed by atoms with Crippen LogP contribution in [0.4, 0.5) is 0 Å². The molecule has 1 aliphatic carbocycles. The van der Waals surface area contributed by atoms with Gasteiger partial charge in [0.05, 0.1) is 5.75 Å². The van der Waals surface area contributed by atoms with Crippen LogP contribution in [-0.2, 0) is 10.0 Å². The molecule has 0 radical (unpaired) electrons. The molecular formula is C6H13NO2S. The first kappa shape index (κ1) is 8.01. The van der Waals surface area contributed by atoms with Gasteiger partial charge in [-0.1, -0.05) is 6.92 Å². The first-order valence-corrected chi connectivity index (χ1v) is 5.21. The molecule has 1 saturated carbocycles. The van der Waals surface area contributed by atoms with Gasteiger partial charge in [0.2, 0.25) is 10.0 Å². The molecule has 60 valence electrons. The Kier molecular flexibility index (Phi) is 2.01. The Balaban J connectivity index is 2.37. The molecule has 1 aliphatic rings. The van der Waals surface area contributed by atoms with Crippen molar-refractivity contribution >= 4 is 10.0 Å². The Morgan fingerprint density at radius 2 is 2.10 bits per heavy atom. The van der Waals surface area contributed by atoms with Crippen molar-refractivity contribution in [1.29, 1.82) is 0 Å². The van der Waals surface area contributed by atoms with Gasteiger partial charge in [-0.05, 0) is 24.7 Å². The van der Waals surface area contributed by atoms with E-state index in [-0.39, 0.29) is 11.7 Å². The van der Waals surface area contributed by atoms with Gasteiger partial charge in [-0.2, -0.15) is 0 Å². The molecule has 0 spiro atoms. The molecule has 0 aliphatic heterocycles. The normalized spacial score (nSPS) is 22.6. The van der Waals surface area contributed by atoms with Crippen LogP contribution in [0.25, 0.3) is 0 Å². The SMILES string of the molecule is CC(CS(N)(=O)=O)C1CC1. The summed E-state index contributed by atoms with van der Waals surface area (Å²) in [4.78, 5) is 0. The van der Waals surface area contributed by atoms with Crippen LogP contribution in [0.3, 0.4) is 0 Å². The van der Waals surface area contributed by atoms with Crippen LogP contribution < -0.4 is 5.14 Å². The monoisotopic (exact) mass is 163 g/mol. The first-order chi connectivity index (χ1) is 4.49. The Hall–Kier alpha value is -0.0900. The van der Waals surface area contributed by atoms with E-state index in [9.17, 15) is 8.42 Å². The fourth-order valence-electron chi connectivity index (χ4n) is 1.17. The van der Waals surface area contributed by atoms with Crippen LogP contribution in [0.2, 0.25) is 0 Å². The highest BCUT2D eigenvalue weighted by molar-refractivity contribution is 7.89. The Morgan fingerprint density at radius 1 is 1.60 bits per heavy atom. The minimum atomic E-state index is -3.23. The summed E-state index contributed by atoms with van der Waals surface area (Å²) in [5.41, 5.74) is 0. The summed E-state index contributed by atoms with van der Waals surface area (Å²) in [6.45, 7) is 1.95. The summed E-state index contributed by atoms with van der Waals surface area (Å²) < 4.78 is 21.1.